The van der Waals surface area contributed by atoms with Crippen molar-refractivity contribution in [3.63, 3.8) is 0 Å². The van der Waals surface area contributed by atoms with E-state index in [0.717, 1.165) is 30.7 Å². The summed E-state index contributed by atoms with van der Waals surface area (Å²) in [5, 5.41) is 6.04. The number of hydrogen-bond acceptors (Lipinski definition) is 8. The second-order valence-electron chi connectivity index (χ2n) is 9.87. The molecule has 1 fully saturated rings. The summed E-state index contributed by atoms with van der Waals surface area (Å²) in [7, 11) is -3.87. The molecule has 0 aliphatic carbocycles. The number of benzene rings is 2. The summed E-state index contributed by atoms with van der Waals surface area (Å²) in [5.74, 6) is -0.396. The summed E-state index contributed by atoms with van der Waals surface area (Å²) in [5.41, 5.74) is 6.53. The quantitative estimate of drug-likeness (QED) is 0.262. The van der Waals surface area contributed by atoms with Crippen molar-refractivity contribution in [2.24, 2.45) is 5.73 Å². The van der Waals surface area contributed by atoms with E-state index in [1.807, 2.05) is 12.1 Å². The van der Waals surface area contributed by atoms with Crippen LogP contribution < -0.4 is 26.0 Å². The minimum atomic E-state index is -4.58. The number of amides is 1. The van der Waals surface area contributed by atoms with Crippen molar-refractivity contribution < 1.29 is 31.1 Å². The maximum atomic E-state index is 13.4. The Hall–Kier alpha value is -3.72. The van der Waals surface area contributed by atoms with Gasteiger partial charge in [0.2, 0.25) is 15.9 Å². The second kappa shape index (κ2) is 14.2. The molecule has 4 rings (SSSR count). The molecule has 1 aromatic heterocycles. The van der Waals surface area contributed by atoms with Crippen LogP contribution in [0, 0.1) is 0 Å². The van der Waals surface area contributed by atoms with Gasteiger partial charge >= 0.3 is 6.18 Å². The van der Waals surface area contributed by atoms with Crippen molar-refractivity contribution in [2.75, 3.05) is 56.1 Å². The van der Waals surface area contributed by atoms with Crippen LogP contribution in [0.3, 0.4) is 0 Å². The number of nitrogens with zero attached hydrogens (tertiary/aromatic N) is 3. The number of carbonyl (C=O) groups is 1. The molecule has 0 bridgehead atoms. The molecule has 3 aromatic rings. The number of ether oxygens (including phenoxy) is 1. The number of aromatic nitrogens is 1. The van der Waals surface area contributed by atoms with Crippen molar-refractivity contribution in [2.45, 2.75) is 31.0 Å². The third kappa shape index (κ3) is 8.44. The minimum Gasteiger partial charge on any atom is -0.478 e. The predicted octanol–water partition coefficient (Wildman–Crippen LogP) is 3.70. The monoisotopic (exact) mass is 620 g/mol. The summed E-state index contributed by atoms with van der Waals surface area (Å²) >= 11 is 0. The van der Waals surface area contributed by atoms with Crippen LogP contribution in [0.5, 0.6) is 5.88 Å². The first-order chi connectivity index (χ1) is 20.5. The van der Waals surface area contributed by atoms with Gasteiger partial charge in [0.25, 0.3) is 5.91 Å². The molecule has 0 spiro atoms. The summed E-state index contributed by atoms with van der Waals surface area (Å²) in [6.07, 6.45) is -3.69. The number of alkyl halides is 3. The molecule has 1 amide bonds. The molecule has 0 radical (unpaired) electrons. The third-order valence-electron chi connectivity index (χ3n) is 6.82. The molecule has 1 aliphatic rings. The molecule has 1 saturated heterocycles. The normalized spacial score (nSPS) is 14.5. The number of pyridine rings is 1. The zero-order valence-electron chi connectivity index (χ0n) is 23.7. The van der Waals surface area contributed by atoms with E-state index in [0.29, 0.717) is 24.3 Å². The molecule has 4 N–H and O–H groups in total. The minimum absolute atomic E-state index is 0.0428. The van der Waals surface area contributed by atoms with Crippen LogP contribution in [-0.2, 0) is 22.7 Å². The smallest absolute Gasteiger partial charge is 0.416 e. The highest BCUT2D eigenvalue weighted by atomic mass is 32.2. The Balaban J connectivity index is 1.35. The fraction of sp³-hybridized carbons (Fsp3) is 0.379. The molecule has 0 atom stereocenters. The van der Waals surface area contributed by atoms with Crippen LogP contribution in [0.4, 0.5) is 24.7 Å². The number of nitrogens with one attached hydrogen (secondary N) is 2. The van der Waals surface area contributed by atoms with E-state index < -0.39 is 21.8 Å². The number of sulfonamides is 1. The first kappa shape index (κ1) is 32.2. The first-order valence-electron chi connectivity index (χ1n) is 13.9. The SMILES string of the molecule is CCOc1cc(C(F)(F)F)cc(N2CCN(S(=O)(=O)c3ccc(NC(=O)c4ccc(CNCCCN)cc4)cc3)CC2)n1. The largest absolute Gasteiger partial charge is 0.478 e. The fourth-order valence-corrected chi connectivity index (χ4v) is 5.91. The lowest BCUT2D eigenvalue weighted by atomic mass is 10.1. The Morgan fingerprint density at radius 2 is 1.70 bits per heavy atom. The van der Waals surface area contributed by atoms with Gasteiger partial charge in [-0.1, -0.05) is 12.1 Å². The number of anilines is 2. The van der Waals surface area contributed by atoms with Gasteiger partial charge in [0, 0.05) is 50.0 Å². The highest BCUT2D eigenvalue weighted by molar-refractivity contribution is 7.89. The average Bonchev–Trinajstić information content (AvgIpc) is 2.99. The van der Waals surface area contributed by atoms with E-state index in [4.69, 9.17) is 10.5 Å². The van der Waals surface area contributed by atoms with Gasteiger partial charge in [0.15, 0.2) is 0 Å². The van der Waals surface area contributed by atoms with Crippen molar-refractivity contribution in [3.8, 4) is 5.88 Å². The maximum absolute atomic E-state index is 13.4. The lowest BCUT2D eigenvalue weighted by Gasteiger charge is -2.35. The Morgan fingerprint density at radius 1 is 1.02 bits per heavy atom. The summed E-state index contributed by atoms with van der Waals surface area (Å²) in [4.78, 5) is 18.5. The van der Waals surface area contributed by atoms with Gasteiger partial charge in [-0.2, -0.15) is 22.5 Å². The summed E-state index contributed by atoms with van der Waals surface area (Å²) in [6, 6.07) is 14.8. The van der Waals surface area contributed by atoms with Gasteiger partial charge in [0.05, 0.1) is 17.1 Å². The molecule has 0 saturated carbocycles. The van der Waals surface area contributed by atoms with Crippen LogP contribution >= 0.6 is 0 Å². The number of nitrogens with two attached hydrogens (primary N) is 1. The van der Waals surface area contributed by atoms with E-state index in [1.165, 1.54) is 28.6 Å². The van der Waals surface area contributed by atoms with Gasteiger partial charge in [0.1, 0.15) is 5.82 Å². The number of halogens is 3. The second-order valence-corrected chi connectivity index (χ2v) is 11.8. The molecule has 2 heterocycles. The predicted molar refractivity (Wildman–Crippen MR) is 158 cm³/mol. The van der Waals surface area contributed by atoms with Crippen LogP contribution in [0.2, 0.25) is 0 Å². The highest BCUT2D eigenvalue weighted by Crippen LogP contribution is 2.34. The number of piperazine rings is 1. The van der Waals surface area contributed by atoms with E-state index in [9.17, 15) is 26.4 Å². The summed E-state index contributed by atoms with van der Waals surface area (Å²) in [6.45, 7) is 4.32. The molecule has 43 heavy (non-hydrogen) atoms. The molecular weight excluding hydrogens is 585 g/mol. The van der Waals surface area contributed by atoms with Gasteiger partial charge in [-0.15, -0.1) is 0 Å². The van der Waals surface area contributed by atoms with Crippen molar-refractivity contribution >= 4 is 27.4 Å². The van der Waals surface area contributed by atoms with E-state index in [1.54, 1.807) is 24.0 Å². The standard InChI is InChI=1S/C29H35F3N6O4S/c1-2-42-27-19-23(29(30,31)32)18-26(36-27)37-14-16-38(17-15-37)43(40,41)25-10-8-24(9-11-25)35-28(39)22-6-4-21(5-7-22)20-34-13-3-12-33/h4-11,18-19,34H,2-3,12-17,20,33H2,1H3,(H,35,39). The number of carbonyl (C=O) groups excluding carboxylic acids is 1. The van der Waals surface area contributed by atoms with Gasteiger partial charge in [-0.3, -0.25) is 4.79 Å². The lowest BCUT2D eigenvalue weighted by molar-refractivity contribution is -0.137. The van der Waals surface area contributed by atoms with E-state index >= 15 is 0 Å². The molecule has 2 aromatic carbocycles. The fourth-order valence-electron chi connectivity index (χ4n) is 4.49. The van der Waals surface area contributed by atoms with Gasteiger partial charge < -0.3 is 26.0 Å². The van der Waals surface area contributed by atoms with E-state index in [2.05, 4.69) is 15.6 Å². The van der Waals surface area contributed by atoms with E-state index in [-0.39, 0.29) is 55.3 Å². The number of hydrogen-bond donors (Lipinski definition) is 3. The molecule has 10 nitrogen and oxygen atoms in total. The first-order valence-corrected chi connectivity index (χ1v) is 15.3. The van der Waals surface area contributed by atoms with Crippen LogP contribution in [-0.4, -0.2) is 69.5 Å². The van der Waals surface area contributed by atoms with Crippen molar-refractivity contribution in [3.05, 3.63) is 77.4 Å². The molecule has 14 heteroatoms. The zero-order chi connectivity index (χ0) is 31.0. The summed E-state index contributed by atoms with van der Waals surface area (Å²) < 4.78 is 73.2. The van der Waals surface area contributed by atoms with Gasteiger partial charge in [-0.05, 0) is 74.5 Å². The molecule has 0 unspecified atom stereocenters. The third-order valence-corrected chi connectivity index (χ3v) is 8.74. The van der Waals surface area contributed by atoms with Crippen LogP contribution in [0.15, 0.2) is 65.6 Å². The molecule has 232 valence electrons. The zero-order valence-corrected chi connectivity index (χ0v) is 24.5. The Morgan fingerprint density at radius 3 is 2.30 bits per heavy atom. The molecular formula is C29H35F3N6O4S. The van der Waals surface area contributed by atoms with Crippen LogP contribution in [0.25, 0.3) is 0 Å². The Bertz CT molecular complexity index is 1480. The molecule has 1 aliphatic heterocycles. The van der Waals surface area contributed by atoms with Crippen molar-refractivity contribution in [1.82, 2.24) is 14.6 Å². The average molecular weight is 621 g/mol. The number of rotatable bonds is 12. The Labute approximate surface area is 249 Å². The van der Waals surface area contributed by atoms with Crippen LogP contribution in [0.1, 0.15) is 34.8 Å². The van der Waals surface area contributed by atoms with Gasteiger partial charge in [-0.25, -0.2) is 8.42 Å². The maximum Gasteiger partial charge on any atom is 0.416 e. The highest BCUT2D eigenvalue weighted by Gasteiger charge is 2.34. The van der Waals surface area contributed by atoms with Crippen molar-refractivity contribution in [1.29, 1.82) is 0 Å². The Kier molecular flexibility index (Phi) is 10.6. The lowest BCUT2D eigenvalue weighted by Crippen LogP contribution is -2.49. The topological polar surface area (TPSA) is 130 Å².